The molecule has 0 aliphatic carbocycles. The molecule has 0 radical (unpaired) electrons. The molecular weight excluding hydrogens is 869 g/mol. The first-order chi connectivity index (χ1) is 34.0. The van der Waals surface area contributed by atoms with Crippen molar-refractivity contribution >= 4 is 141 Å². The lowest BCUT2D eigenvalue weighted by molar-refractivity contribution is 0.591. The molecule has 2 nitrogen and oxygen atoms in total. The summed E-state index contributed by atoms with van der Waals surface area (Å²) in [5, 5.41) is 33.0. The Kier molecular flexibility index (Phi) is 7.61. The molecule has 350 valence electrons. The van der Waals surface area contributed by atoms with Crippen LogP contribution in [0.4, 0.5) is 11.4 Å². The van der Waals surface area contributed by atoms with E-state index in [0.29, 0.717) is 0 Å². The molecule has 0 aliphatic heterocycles. The van der Waals surface area contributed by atoms with Gasteiger partial charge in [-0.2, -0.15) is 0 Å². The van der Waals surface area contributed by atoms with Crippen LogP contribution in [0.3, 0.4) is 0 Å². The molecule has 0 bridgehead atoms. The molecule has 0 saturated heterocycles. The Morgan fingerprint density at radius 1 is 0.208 bits per heavy atom. The predicted molar refractivity (Wildman–Crippen MR) is 318 cm³/mol. The second-order valence-electron chi connectivity index (χ2n) is 26.2. The minimum absolute atomic E-state index is 0.0821. The van der Waals surface area contributed by atoms with Crippen LogP contribution in [0.25, 0.3) is 152 Å². The average molecular weight is 929 g/mol. The highest BCUT2D eigenvalue weighted by atomic mass is 14.5. The number of nitrogens with two attached hydrogens (primary N) is 2. The summed E-state index contributed by atoms with van der Waals surface area (Å²) in [5.74, 6) is 0. The average Bonchev–Trinajstić information content (AvgIpc) is 3.33. The van der Waals surface area contributed by atoms with E-state index in [1.165, 1.54) is 163 Å². The van der Waals surface area contributed by atoms with Gasteiger partial charge < -0.3 is 11.5 Å². The molecule has 0 aliphatic rings. The van der Waals surface area contributed by atoms with E-state index in [-0.39, 0.29) is 21.7 Å². The molecule has 0 heterocycles. The minimum atomic E-state index is -0.102. The molecule has 2 heteroatoms. The molecular formula is C70H60N2. The summed E-state index contributed by atoms with van der Waals surface area (Å²) < 4.78 is 0. The number of fused-ring (bicyclic) bond motifs is 6. The maximum Gasteiger partial charge on any atom is 0.0314 e. The quantitative estimate of drug-likeness (QED) is 0.103. The summed E-state index contributed by atoms with van der Waals surface area (Å²) in [6, 6.07) is 47.8. The standard InChI is InChI=1S/C70H60N2/c1-67(2,3)37-25-47-45-23-35(33-13-17-41(71)18-14-33)21-43-44-22-36(34-15-19-42(72)20-16-34)24-46-48-26-38(68(4,5)6)28-50-52-30-40(70(10,11)12)32-54-53-31-39(69(7,8)9)29-51-49(27-37)57(47)63-61(55(43)45)62(56(44)46)64(58(48)50)66(60(52)54)65(63)59(51)53/h13-32H,71-72H2,1-12H3. The van der Waals surface area contributed by atoms with Crippen molar-refractivity contribution in [1.29, 1.82) is 0 Å². The van der Waals surface area contributed by atoms with Crippen molar-refractivity contribution in [3.05, 3.63) is 144 Å². The molecule has 0 amide bonds. The maximum atomic E-state index is 6.40. The Labute approximate surface area is 420 Å². The summed E-state index contributed by atoms with van der Waals surface area (Å²) in [6.07, 6.45) is 0. The van der Waals surface area contributed by atoms with Crippen molar-refractivity contribution in [2.45, 2.75) is 105 Å². The van der Waals surface area contributed by atoms with Crippen LogP contribution in [-0.4, -0.2) is 0 Å². The number of nitrogen functional groups attached to an aromatic ring is 2. The normalized spacial score (nSPS) is 13.9. The molecule has 15 rings (SSSR count). The maximum absolute atomic E-state index is 6.40. The minimum Gasteiger partial charge on any atom is -0.399 e. The van der Waals surface area contributed by atoms with Crippen molar-refractivity contribution in [2.24, 2.45) is 0 Å². The molecule has 0 aromatic heterocycles. The Balaban J connectivity index is 1.35. The molecule has 0 fully saturated rings. The van der Waals surface area contributed by atoms with Crippen molar-refractivity contribution in [1.82, 2.24) is 0 Å². The van der Waals surface area contributed by atoms with E-state index in [9.17, 15) is 0 Å². The van der Waals surface area contributed by atoms with E-state index in [1.54, 1.807) is 0 Å². The van der Waals surface area contributed by atoms with Crippen LogP contribution in [0, 0.1) is 0 Å². The Bertz CT molecular complexity index is 4480. The van der Waals surface area contributed by atoms with Gasteiger partial charge in [0.1, 0.15) is 0 Å². The molecule has 0 saturated carbocycles. The summed E-state index contributed by atoms with van der Waals surface area (Å²) >= 11 is 0. The van der Waals surface area contributed by atoms with Crippen LogP contribution in [0.1, 0.15) is 105 Å². The lowest BCUT2D eigenvalue weighted by atomic mass is 9.70. The summed E-state index contributed by atoms with van der Waals surface area (Å²) in [6.45, 7) is 28.7. The van der Waals surface area contributed by atoms with Crippen LogP contribution in [-0.2, 0) is 21.7 Å². The summed E-state index contributed by atoms with van der Waals surface area (Å²) in [7, 11) is 0. The van der Waals surface area contributed by atoms with Crippen molar-refractivity contribution < 1.29 is 0 Å². The van der Waals surface area contributed by atoms with E-state index < -0.39 is 0 Å². The van der Waals surface area contributed by atoms with Crippen LogP contribution in [0.2, 0.25) is 0 Å². The highest BCUT2D eigenvalue weighted by molar-refractivity contribution is 6.61. The van der Waals surface area contributed by atoms with Crippen molar-refractivity contribution in [3.8, 4) is 22.3 Å². The number of hydrogen-bond acceptors (Lipinski definition) is 2. The van der Waals surface area contributed by atoms with Gasteiger partial charge in [0, 0.05) is 11.4 Å². The van der Waals surface area contributed by atoms with E-state index >= 15 is 0 Å². The third-order valence-electron chi connectivity index (χ3n) is 17.5. The number of rotatable bonds is 2. The first-order valence-corrected chi connectivity index (χ1v) is 26.1. The highest BCUT2D eigenvalue weighted by Gasteiger charge is 2.35. The van der Waals surface area contributed by atoms with Gasteiger partial charge in [-0.05, 0) is 292 Å². The third kappa shape index (κ3) is 5.25. The monoisotopic (exact) mass is 928 g/mol. The van der Waals surface area contributed by atoms with Gasteiger partial charge in [0.2, 0.25) is 0 Å². The van der Waals surface area contributed by atoms with Crippen LogP contribution in [0.15, 0.2) is 121 Å². The van der Waals surface area contributed by atoms with Gasteiger partial charge in [0.25, 0.3) is 0 Å². The Morgan fingerprint density at radius 3 is 0.542 bits per heavy atom. The van der Waals surface area contributed by atoms with Crippen molar-refractivity contribution in [3.63, 3.8) is 0 Å². The lowest BCUT2D eigenvalue weighted by Crippen LogP contribution is -2.13. The fourth-order valence-electron chi connectivity index (χ4n) is 13.7. The van der Waals surface area contributed by atoms with Gasteiger partial charge in [-0.1, -0.05) is 107 Å². The highest BCUT2D eigenvalue weighted by Crippen LogP contribution is 2.62. The zero-order valence-electron chi connectivity index (χ0n) is 43.7. The molecule has 0 atom stereocenters. The Morgan fingerprint density at radius 2 is 0.375 bits per heavy atom. The van der Waals surface area contributed by atoms with Gasteiger partial charge in [-0.25, -0.2) is 0 Å². The van der Waals surface area contributed by atoms with Gasteiger partial charge in [-0.3, -0.25) is 0 Å². The van der Waals surface area contributed by atoms with Crippen LogP contribution >= 0.6 is 0 Å². The fourth-order valence-corrected chi connectivity index (χ4v) is 13.7. The predicted octanol–water partition coefficient (Wildman–Crippen LogP) is 19.8. The first-order valence-electron chi connectivity index (χ1n) is 26.1. The molecule has 0 spiro atoms. The third-order valence-corrected chi connectivity index (χ3v) is 17.5. The number of hydrogen-bond donors (Lipinski definition) is 2. The van der Waals surface area contributed by atoms with E-state index in [2.05, 4.69) is 204 Å². The van der Waals surface area contributed by atoms with E-state index in [0.717, 1.165) is 22.5 Å². The van der Waals surface area contributed by atoms with Gasteiger partial charge >= 0.3 is 0 Å². The molecule has 15 aromatic rings. The smallest absolute Gasteiger partial charge is 0.0314 e. The molecule has 72 heavy (non-hydrogen) atoms. The van der Waals surface area contributed by atoms with E-state index in [1.807, 2.05) is 0 Å². The van der Waals surface area contributed by atoms with E-state index in [4.69, 9.17) is 11.5 Å². The fraction of sp³-hybridized carbons (Fsp3) is 0.229. The zero-order valence-corrected chi connectivity index (χ0v) is 43.7. The SMILES string of the molecule is CC(C)(C)c1cc2c3cc(-c4ccc(N)cc4)cc4c5cc(-c6ccc(N)cc6)cc6c7cc(C(C)(C)C)cc8c9cc(C(C)(C)C)cc%10c%11cc(C(C)(C)C)cc%12c(c1)c2c1c(c43)c(c56)c(c78)c(c9%10)c1c%12%11. The molecule has 4 N–H and O–H groups in total. The van der Waals surface area contributed by atoms with Crippen molar-refractivity contribution in [2.75, 3.05) is 11.5 Å². The molecule has 15 aromatic carbocycles. The second kappa shape index (κ2) is 13.0. The molecule has 0 unspecified atom stereocenters. The number of benzene rings is 15. The van der Waals surface area contributed by atoms with Gasteiger partial charge in [0.05, 0.1) is 0 Å². The largest absolute Gasteiger partial charge is 0.399 e. The lowest BCUT2D eigenvalue weighted by Gasteiger charge is -2.32. The van der Waals surface area contributed by atoms with Crippen LogP contribution < -0.4 is 11.5 Å². The van der Waals surface area contributed by atoms with Gasteiger partial charge in [-0.15, -0.1) is 0 Å². The number of anilines is 2. The second-order valence-corrected chi connectivity index (χ2v) is 26.2. The zero-order chi connectivity index (χ0) is 49.8. The topological polar surface area (TPSA) is 52.0 Å². The Hall–Kier alpha value is -7.42. The van der Waals surface area contributed by atoms with Crippen LogP contribution in [0.5, 0.6) is 0 Å². The summed E-state index contributed by atoms with van der Waals surface area (Å²) in [4.78, 5) is 0. The van der Waals surface area contributed by atoms with Gasteiger partial charge in [0.15, 0.2) is 0 Å². The summed E-state index contributed by atoms with van der Waals surface area (Å²) in [5.41, 5.74) is 24.2. The first kappa shape index (κ1) is 42.3.